The van der Waals surface area contributed by atoms with E-state index in [-0.39, 0.29) is 6.09 Å². The van der Waals surface area contributed by atoms with Crippen molar-refractivity contribution in [3.8, 4) is 0 Å². The summed E-state index contributed by atoms with van der Waals surface area (Å²) in [6.45, 7) is 9.12. The first-order valence-corrected chi connectivity index (χ1v) is 6.13. The van der Waals surface area contributed by atoms with E-state index < -0.39 is 5.60 Å². The Hall–Kier alpha value is -0.810. The highest BCUT2D eigenvalue weighted by molar-refractivity contribution is 5.67. The Balaban J connectivity index is 3.31. The summed E-state index contributed by atoms with van der Waals surface area (Å²) in [6, 6.07) is 0. The van der Waals surface area contributed by atoms with E-state index in [1.807, 2.05) is 34.9 Å². The zero-order chi connectivity index (χ0) is 13.3. The van der Waals surface area contributed by atoms with E-state index in [0.717, 1.165) is 26.1 Å². The molecule has 0 atom stereocenters. The molecule has 0 aliphatic heterocycles. The summed E-state index contributed by atoms with van der Waals surface area (Å²) in [5.74, 6) is 0. The van der Waals surface area contributed by atoms with Crippen molar-refractivity contribution in [2.24, 2.45) is 0 Å². The molecule has 0 unspecified atom stereocenters. The van der Waals surface area contributed by atoms with Crippen molar-refractivity contribution in [2.45, 2.75) is 32.8 Å². The van der Waals surface area contributed by atoms with Gasteiger partial charge in [0.1, 0.15) is 5.60 Å². The first-order chi connectivity index (χ1) is 7.81. The van der Waals surface area contributed by atoms with E-state index in [9.17, 15) is 4.79 Å². The Kier molecular flexibility index (Phi) is 7.91. The van der Waals surface area contributed by atoms with Crippen LogP contribution in [0.2, 0.25) is 0 Å². The Morgan fingerprint density at radius 2 is 1.82 bits per heavy atom. The largest absolute Gasteiger partial charge is 0.444 e. The van der Waals surface area contributed by atoms with Crippen LogP contribution >= 0.6 is 0 Å². The summed E-state index contributed by atoms with van der Waals surface area (Å²) in [5.41, 5.74) is -0.423. The van der Waals surface area contributed by atoms with Crippen LogP contribution in [-0.2, 0) is 4.74 Å². The second kappa shape index (κ2) is 8.31. The molecule has 0 saturated heterocycles. The molecule has 17 heavy (non-hydrogen) atoms. The molecule has 2 N–H and O–H groups in total. The maximum atomic E-state index is 11.3. The molecule has 0 aliphatic carbocycles. The van der Waals surface area contributed by atoms with Crippen molar-refractivity contribution in [3.05, 3.63) is 0 Å². The maximum absolute atomic E-state index is 11.3. The van der Waals surface area contributed by atoms with Crippen LogP contribution in [0.5, 0.6) is 0 Å². The molecule has 0 bridgehead atoms. The van der Waals surface area contributed by atoms with Gasteiger partial charge in [-0.1, -0.05) is 0 Å². The number of hydrogen-bond acceptors (Lipinski definition) is 4. The number of carbonyl (C=O) groups excluding carboxylic acids is 1. The number of hydrogen-bond donors (Lipinski definition) is 2. The van der Waals surface area contributed by atoms with Gasteiger partial charge in [-0.25, -0.2) is 4.79 Å². The van der Waals surface area contributed by atoms with Crippen LogP contribution in [0.1, 0.15) is 27.2 Å². The van der Waals surface area contributed by atoms with E-state index in [1.54, 1.807) is 0 Å². The fourth-order valence-corrected chi connectivity index (χ4v) is 1.15. The van der Waals surface area contributed by atoms with Crippen molar-refractivity contribution in [2.75, 3.05) is 40.3 Å². The molecule has 0 radical (unpaired) electrons. The number of carbonyl (C=O) groups is 1. The molecule has 0 saturated carbocycles. The van der Waals surface area contributed by atoms with Crippen LogP contribution in [0.4, 0.5) is 4.79 Å². The lowest BCUT2D eigenvalue weighted by molar-refractivity contribution is 0.0527. The third-order valence-electron chi connectivity index (χ3n) is 1.93. The van der Waals surface area contributed by atoms with Crippen molar-refractivity contribution in [1.29, 1.82) is 0 Å². The molecular formula is C12H27N3O2. The monoisotopic (exact) mass is 245 g/mol. The molecule has 0 aliphatic rings. The van der Waals surface area contributed by atoms with E-state index in [1.165, 1.54) is 0 Å². The molecular weight excluding hydrogens is 218 g/mol. The molecule has 5 nitrogen and oxygen atoms in total. The fraction of sp³-hybridized carbons (Fsp3) is 0.917. The molecule has 0 fully saturated rings. The highest BCUT2D eigenvalue weighted by Gasteiger charge is 2.15. The normalized spacial score (nSPS) is 11.6. The van der Waals surface area contributed by atoms with Gasteiger partial charge < -0.3 is 20.3 Å². The lowest BCUT2D eigenvalue weighted by Crippen LogP contribution is -2.34. The Bertz CT molecular complexity index is 212. The standard InChI is InChI=1S/C12H27N3O2/c1-12(2,3)17-11(16)14-8-6-7-13-9-10-15(4)5/h13H,6-10H2,1-5H3,(H,14,16). The highest BCUT2D eigenvalue weighted by atomic mass is 16.6. The second-order valence-electron chi connectivity index (χ2n) is 5.34. The summed E-state index contributed by atoms with van der Waals surface area (Å²) < 4.78 is 5.12. The summed E-state index contributed by atoms with van der Waals surface area (Å²) in [5, 5.41) is 6.03. The average Bonchev–Trinajstić information content (AvgIpc) is 2.12. The zero-order valence-corrected chi connectivity index (χ0v) is 11.8. The van der Waals surface area contributed by atoms with Crippen LogP contribution in [0.15, 0.2) is 0 Å². The molecule has 1 amide bonds. The smallest absolute Gasteiger partial charge is 0.407 e. The van der Waals surface area contributed by atoms with E-state index >= 15 is 0 Å². The van der Waals surface area contributed by atoms with Gasteiger partial charge in [0.2, 0.25) is 0 Å². The van der Waals surface area contributed by atoms with Crippen molar-refractivity contribution < 1.29 is 9.53 Å². The predicted molar refractivity (Wildman–Crippen MR) is 70.3 cm³/mol. The van der Waals surface area contributed by atoms with Crippen molar-refractivity contribution in [3.63, 3.8) is 0 Å². The van der Waals surface area contributed by atoms with Gasteiger partial charge in [0, 0.05) is 19.6 Å². The number of rotatable bonds is 7. The quantitative estimate of drug-likeness (QED) is 0.658. The molecule has 0 aromatic carbocycles. The van der Waals surface area contributed by atoms with Gasteiger partial charge in [-0.3, -0.25) is 0 Å². The maximum Gasteiger partial charge on any atom is 0.407 e. The number of nitrogens with zero attached hydrogens (tertiary/aromatic N) is 1. The van der Waals surface area contributed by atoms with Crippen LogP contribution in [-0.4, -0.2) is 56.9 Å². The third kappa shape index (κ3) is 13.1. The fourth-order valence-electron chi connectivity index (χ4n) is 1.15. The topological polar surface area (TPSA) is 53.6 Å². The minimum absolute atomic E-state index is 0.342. The van der Waals surface area contributed by atoms with Crippen molar-refractivity contribution in [1.82, 2.24) is 15.5 Å². The van der Waals surface area contributed by atoms with E-state index in [2.05, 4.69) is 15.5 Å². The predicted octanol–water partition coefficient (Wildman–Crippen LogP) is 1.05. The average molecular weight is 245 g/mol. The first-order valence-electron chi connectivity index (χ1n) is 6.13. The van der Waals surface area contributed by atoms with Gasteiger partial charge in [-0.15, -0.1) is 0 Å². The Labute approximate surface area is 105 Å². The number of amides is 1. The molecule has 0 rings (SSSR count). The van der Waals surface area contributed by atoms with Crippen LogP contribution in [0.3, 0.4) is 0 Å². The molecule has 0 aromatic heterocycles. The molecule has 0 spiro atoms. The number of likely N-dealkylation sites (N-methyl/N-ethyl adjacent to an activating group) is 1. The zero-order valence-electron chi connectivity index (χ0n) is 11.8. The number of nitrogens with one attached hydrogen (secondary N) is 2. The van der Waals surface area contributed by atoms with Crippen molar-refractivity contribution >= 4 is 6.09 Å². The first kappa shape index (κ1) is 16.2. The van der Waals surface area contributed by atoms with Crippen LogP contribution in [0.25, 0.3) is 0 Å². The summed E-state index contributed by atoms with van der Waals surface area (Å²) in [4.78, 5) is 13.4. The van der Waals surface area contributed by atoms with Crippen LogP contribution in [0, 0.1) is 0 Å². The SMILES string of the molecule is CN(C)CCNCCCNC(=O)OC(C)(C)C. The van der Waals surface area contributed by atoms with Gasteiger partial charge in [0.15, 0.2) is 0 Å². The lowest BCUT2D eigenvalue weighted by atomic mass is 10.2. The van der Waals surface area contributed by atoms with Gasteiger partial charge >= 0.3 is 6.09 Å². The minimum atomic E-state index is -0.423. The second-order valence-corrected chi connectivity index (χ2v) is 5.34. The van der Waals surface area contributed by atoms with Gasteiger partial charge in [0.05, 0.1) is 0 Å². The van der Waals surface area contributed by atoms with Gasteiger partial charge in [0.25, 0.3) is 0 Å². The molecule has 102 valence electrons. The van der Waals surface area contributed by atoms with E-state index in [0.29, 0.717) is 6.54 Å². The Morgan fingerprint density at radius 3 is 2.35 bits per heavy atom. The molecule has 0 aromatic rings. The summed E-state index contributed by atoms with van der Waals surface area (Å²) in [6.07, 6.45) is 0.568. The number of ether oxygens (including phenoxy) is 1. The van der Waals surface area contributed by atoms with Crippen LogP contribution < -0.4 is 10.6 Å². The minimum Gasteiger partial charge on any atom is -0.444 e. The molecule has 5 heteroatoms. The number of alkyl carbamates (subject to hydrolysis) is 1. The summed E-state index contributed by atoms with van der Waals surface area (Å²) in [7, 11) is 4.09. The van der Waals surface area contributed by atoms with Gasteiger partial charge in [-0.05, 0) is 47.8 Å². The third-order valence-corrected chi connectivity index (χ3v) is 1.93. The summed E-state index contributed by atoms with van der Waals surface area (Å²) >= 11 is 0. The highest BCUT2D eigenvalue weighted by Crippen LogP contribution is 2.06. The lowest BCUT2D eigenvalue weighted by Gasteiger charge is -2.19. The Morgan fingerprint density at radius 1 is 1.18 bits per heavy atom. The van der Waals surface area contributed by atoms with E-state index in [4.69, 9.17) is 4.74 Å². The van der Waals surface area contributed by atoms with Gasteiger partial charge in [-0.2, -0.15) is 0 Å². The molecule has 0 heterocycles.